The molecule has 128 valence electrons. The second-order valence-corrected chi connectivity index (χ2v) is 8.53. The van der Waals surface area contributed by atoms with Gasteiger partial charge >= 0.3 is 0 Å². The van der Waals surface area contributed by atoms with Gasteiger partial charge in [0.25, 0.3) is 5.91 Å². The molecule has 2 heterocycles. The van der Waals surface area contributed by atoms with Crippen molar-refractivity contribution < 1.29 is 4.79 Å². The third kappa shape index (κ3) is 3.16. The Morgan fingerprint density at radius 2 is 1.91 bits per heavy atom. The minimum absolute atomic E-state index is 0.0824. The van der Waals surface area contributed by atoms with Crippen LogP contribution in [0.5, 0.6) is 0 Å². The van der Waals surface area contributed by atoms with Crippen LogP contribution in [0.15, 0.2) is 6.07 Å². The predicted molar refractivity (Wildman–Crippen MR) is 91.7 cm³/mol. The van der Waals surface area contributed by atoms with Crippen LogP contribution in [-0.4, -0.2) is 58.7 Å². The molecule has 0 spiro atoms. The van der Waals surface area contributed by atoms with Gasteiger partial charge in [-0.3, -0.25) is 9.48 Å². The molecule has 1 aliphatic carbocycles. The van der Waals surface area contributed by atoms with Crippen LogP contribution < -0.4 is 0 Å². The summed E-state index contributed by atoms with van der Waals surface area (Å²) in [5, 5.41) is 4.69. The molecule has 1 aromatic rings. The van der Waals surface area contributed by atoms with Gasteiger partial charge in [0.05, 0.1) is 5.54 Å². The highest BCUT2D eigenvalue weighted by molar-refractivity contribution is 5.92. The molecule has 2 atom stereocenters. The number of aromatic nitrogens is 2. The van der Waals surface area contributed by atoms with Gasteiger partial charge in [-0.1, -0.05) is 6.92 Å². The number of likely N-dealkylation sites (tertiary alicyclic amines) is 1. The molecular formula is C18H30N4O. The Morgan fingerprint density at radius 1 is 1.26 bits per heavy atom. The zero-order valence-electron chi connectivity index (χ0n) is 15.3. The van der Waals surface area contributed by atoms with Crippen LogP contribution in [0, 0.1) is 5.92 Å². The monoisotopic (exact) mass is 318 g/mol. The predicted octanol–water partition coefficient (Wildman–Crippen LogP) is 2.54. The fourth-order valence-corrected chi connectivity index (χ4v) is 3.66. The first-order chi connectivity index (χ1) is 10.7. The molecule has 5 nitrogen and oxygen atoms in total. The second kappa shape index (κ2) is 5.62. The highest BCUT2D eigenvalue weighted by Gasteiger charge is 2.37. The first-order valence-electron chi connectivity index (χ1n) is 8.74. The molecule has 23 heavy (non-hydrogen) atoms. The minimum atomic E-state index is -0.0824. The summed E-state index contributed by atoms with van der Waals surface area (Å²) < 4.78 is 2.07. The lowest BCUT2D eigenvalue weighted by Crippen LogP contribution is -2.36. The molecule has 0 N–H and O–H groups in total. The van der Waals surface area contributed by atoms with Crippen molar-refractivity contribution in [2.24, 2.45) is 5.92 Å². The number of amides is 1. The normalized spacial score (nSPS) is 25.4. The summed E-state index contributed by atoms with van der Waals surface area (Å²) in [6.07, 6.45) is 2.44. The van der Waals surface area contributed by atoms with Gasteiger partial charge < -0.3 is 9.80 Å². The average Bonchev–Trinajstić information content (AvgIpc) is 3.05. The van der Waals surface area contributed by atoms with Crippen LogP contribution in [-0.2, 0) is 5.54 Å². The zero-order chi connectivity index (χ0) is 16.9. The molecule has 1 amide bonds. The molecule has 0 radical (unpaired) electrons. The molecule has 1 saturated heterocycles. The third-order valence-corrected chi connectivity index (χ3v) is 5.11. The highest BCUT2D eigenvalue weighted by Crippen LogP contribution is 2.42. The summed E-state index contributed by atoms with van der Waals surface area (Å²) in [6, 6.07) is 2.48. The molecule has 3 rings (SSSR count). The van der Waals surface area contributed by atoms with E-state index in [1.54, 1.807) is 0 Å². The number of rotatable bonds is 3. The number of likely N-dealkylation sites (N-methyl/N-ethyl adjacent to an activating group) is 1. The first kappa shape index (κ1) is 16.5. The first-order valence-corrected chi connectivity index (χ1v) is 8.74. The van der Waals surface area contributed by atoms with E-state index in [2.05, 4.69) is 51.4 Å². The van der Waals surface area contributed by atoms with E-state index >= 15 is 0 Å². The highest BCUT2D eigenvalue weighted by atomic mass is 16.2. The minimum Gasteiger partial charge on any atom is -0.335 e. The lowest BCUT2D eigenvalue weighted by Gasteiger charge is -2.22. The molecule has 1 saturated carbocycles. The average molecular weight is 318 g/mol. The van der Waals surface area contributed by atoms with Crippen LogP contribution in [0.4, 0.5) is 0 Å². The maximum atomic E-state index is 12.9. The molecule has 1 aromatic heterocycles. The van der Waals surface area contributed by atoms with Gasteiger partial charge in [0.1, 0.15) is 0 Å². The summed E-state index contributed by atoms with van der Waals surface area (Å²) in [6.45, 7) is 10.3. The summed E-state index contributed by atoms with van der Waals surface area (Å²) in [5.74, 6) is 1.18. The summed E-state index contributed by atoms with van der Waals surface area (Å²) >= 11 is 0. The Balaban J connectivity index is 1.83. The molecule has 5 heteroatoms. The number of hydrogen-bond acceptors (Lipinski definition) is 3. The van der Waals surface area contributed by atoms with E-state index in [9.17, 15) is 4.79 Å². The number of carbonyl (C=O) groups is 1. The van der Waals surface area contributed by atoms with E-state index in [0.717, 1.165) is 13.1 Å². The standard InChI is InChI=1S/C18H30N4O/c1-12-10-21(11-16(12)20(5)6)17(23)14-9-15(13-7-8-13)22(19-14)18(2,3)4/h9,12-13,16H,7-8,10-11H2,1-6H3/t12-,16-/m0/s1. The van der Waals surface area contributed by atoms with Crippen molar-refractivity contribution in [3.63, 3.8) is 0 Å². The van der Waals surface area contributed by atoms with E-state index < -0.39 is 0 Å². The van der Waals surface area contributed by atoms with E-state index in [1.165, 1.54) is 18.5 Å². The maximum absolute atomic E-state index is 12.9. The fraction of sp³-hybridized carbons (Fsp3) is 0.778. The molecule has 0 bridgehead atoms. The summed E-state index contributed by atoms with van der Waals surface area (Å²) in [5.41, 5.74) is 1.77. The Hall–Kier alpha value is -1.36. The van der Waals surface area contributed by atoms with Gasteiger partial charge in [0.2, 0.25) is 0 Å². The fourth-order valence-electron chi connectivity index (χ4n) is 3.66. The SMILES string of the molecule is C[C@H]1CN(C(=O)c2cc(C3CC3)n(C(C)(C)C)n2)C[C@@H]1N(C)C. The van der Waals surface area contributed by atoms with E-state index in [0.29, 0.717) is 23.6 Å². The van der Waals surface area contributed by atoms with Crippen LogP contribution in [0.2, 0.25) is 0 Å². The van der Waals surface area contributed by atoms with Crippen LogP contribution in [0.25, 0.3) is 0 Å². The van der Waals surface area contributed by atoms with Crippen molar-refractivity contribution in [2.45, 2.75) is 58.0 Å². The van der Waals surface area contributed by atoms with Gasteiger partial charge in [0, 0.05) is 30.7 Å². The van der Waals surface area contributed by atoms with E-state index in [1.807, 2.05) is 11.0 Å². The van der Waals surface area contributed by atoms with E-state index in [-0.39, 0.29) is 11.4 Å². The molecule has 2 aliphatic rings. The van der Waals surface area contributed by atoms with Crippen molar-refractivity contribution in [1.82, 2.24) is 19.6 Å². The van der Waals surface area contributed by atoms with Gasteiger partial charge in [-0.2, -0.15) is 5.10 Å². The van der Waals surface area contributed by atoms with Crippen molar-refractivity contribution in [1.29, 1.82) is 0 Å². The molecule has 2 fully saturated rings. The largest absolute Gasteiger partial charge is 0.335 e. The van der Waals surface area contributed by atoms with Crippen molar-refractivity contribution >= 4 is 5.91 Å². The smallest absolute Gasteiger partial charge is 0.274 e. The molecule has 0 aromatic carbocycles. The Kier molecular flexibility index (Phi) is 4.03. The Labute approximate surface area is 139 Å². The third-order valence-electron chi connectivity index (χ3n) is 5.11. The van der Waals surface area contributed by atoms with Gasteiger partial charge in [-0.15, -0.1) is 0 Å². The lowest BCUT2D eigenvalue weighted by atomic mass is 10.1. The van der Waals surface area contributed by atoms with Crippen molar-refractivity contribution in [2.75, 3.05) is 27.2 Å². The van der Waals surface area contributed by atoms with Gasteiger partial charge in [-0.25, -0.2) is 0 Å². The van der Waals surface area contributed by atoms with Crippen molar-refractivity contribution in [3.05, 3.63) is 17.5 Å². The van der Waals surface area contributed by atoms with Gasteiger partial charge in [0.15, 0.2) is 5.69 Å². The van der Waals surface area contributed by atoms with Crippen molar-refractivity contribution in [3.8, 4) is 0 Å². The van der Waals surface area contributed by atoms with Crippen LogP contribution >= 0.6 is 0 Å². The molecular weight excluding hydrogens is 288 g/mol. The maximum Gasteiger partial charge on any atom is 0.274 e. The summed E-state index contributed by atoms with van der Waals surface area (Å²) in [4.78, 5) is 17.1. The van der Waals surface area contributed by atoms with Crippen LogP contribution in [0.3, 0.4) is 0 Å². The van der Waals surface area contributed by atoms with Gasteiger partial charge in [-0.05, 0) is 59.7 Å². The molecule has 0 unspecified atom stereocenters. The zero-order valence-corrected chi connectivity index (χ0v) is 15.3. The molecule has 1 aliphatic heterocycles. The topological polar surface area (TPSA) is 41.4 Å². The number of carbonyl (C=O) groups excluding carboxylic acids is 1. The van der Waals surface area contributed by atoms with Crippen LogP contribution in [0.1, 0.15) is 62.6 Å². The quantitative estimate of drug-likeness (QED) is 0.860. The lowest BCUT2D eigenvalue weighted by molar-refractivity contribution is 0.0774. The summed E-state index contributed by atoms with van der Waals surface area (Å²) in [7, 11) is 4.18. The Morgan fingerprint density at radius 3 is 2.39 bits per heavy atom. The Bertz CT molecular complexity index is 595. The number of nitrogens with zero attached hydrogens (tertiary/aromatic N) is 4. The number of hydrogen-bond donors (Lipinski definition) is 0. The van der Waals surface area contributed by atoms with E-state index in [4.69, 9.17) is 5.10 Å². The second-order valence-electron chi connectivity index (χ2n) is 8.53.